The van der Waals surface area contributed by atoms with Gasteiger partial charge in [-0.15, -0.1) is 0 Å². The normalized spacial score (nSPS) is 12.7. The molecule has 0 bridgehead atoms. The highest BCUT2D eigenvalue weighted by molar-refractivity contribution is 5.92. The van der Waals surface area contributed by atoms with Crippen LogP contribution in [-0.4, -0.2) is 23.1 Å². The standard InChI is InChI=1S/C13H15F3N2O3/c1-13(2,3)10(11(19)20)18-12(21)17-8-5-6(14)4-7(15)9(8)16/h4-5,10H,1-3H3,(H,19,20)(H2,17,18,21)/t10-/m1/s1. The minimum atomic E-state index is -1.46. The first-order chi connectivity index (χ1) is 9.52. The molecule has 2 amide bonds. The number of urea groups is 1. The number of hydrogen-bond acceptors (Lipinski definition) is 2. The number of carboxylic acid groups (broad SMARTS) is 1. The highest BCUT2D eigenvalue weighted by Crippen LogP contribution is 2.21. The third kappa shape index (κ3) is 4.37. The average molecular weight is 304 g/mol. The van der Waals surface area contributed by atoms with E-state index in [9.17, 15) is 22.8 Å². The van der Waals surface area contributed by atoms with E-state index in [4.69, 9.17) is 5.11 Å². The van der Waals surface area contributed by atoms with Crippen molar-refractivity contribution in [1.29, 1.82) is 0 Å². The van der Waals surface area contributed by atoms with Crippen LogP contribution in [0.2, 0.25) is 0 Å². The van der Waals surface area contributed by atoms with Gasteiger partial charge >= 0.3 is 12.0 Å². The lowest BCUT2D eigenvalue weighted by molar-refractivity contribution is -0.141. The van der Waals surface area contributed by atoms with Gasteiger partial charge in [-0.2, -0.15) is 0 Å². The van der Waals surface area contributed by atoms with Crippen molar-refractivity contribution >= 4 is 17.7 Å². The topological polar surface area (TPSA) is 78.4 Å². The van der Waals surface area contributed by atoms with Crippen LogP contribution in [0.4, 0.5) is 23.7 Å². The molecule has 21 heavy (non-hydrogen) atoms. The Balaban J connectivity index is 2.90. The summed E-state index contributed by atoms with van der Waals surface area (Å²) in [5, 5.41) is 13.0. The Morgan fingerprint density at radius 2 is 1.76 bits per heavy atom. The Morgan fingerprint density at radius 3 is 2.24 bits per heavy atom. The van der Waals surface area contributed by atoms with Crippen LogP contribution in [-0.2, 0) is 4.79 Å². The van der Waals surface area contributed by atoms with Crippen LogP contribution in [0.3, 0.4) is 0 Å². The fraction of sp³-hybridized carbons (Fsp3) is 0.385. The third-order valence-corrected chi connectivity index (χ3v) is 2.63. The maximum Gasteiger partial charge on any atom is 0.326 e. The van der Waals surface area contributed by atoms with Gasteiger partial charge in [0.15, 0.2) is 11.6 Å². The van der Waals surface area contributed by atoms with Crippen LogP contribution < -0.4 is 10.6 Å². The molecule has 0 aromatic heterocycles. The van der Waals surface area contributed by atoms with Gasteiger partial charge in [-0.25, -0.2) is 22.8 Å². The van der Waals surface area contributed by atoms with E-state index in [0.29, 0.717) is 12.1 Å². The minimum Gasteiger partial charge on any atom is -0.480 e. The molecule has 0 unspecified atom stereocenters. The Morgan fingerprint density at radius 1 is 1.19 bits per heavy atom. The van der Waals surface area contributed by atoms with Crippen molar-refractivity contribution in [2.75, 3.05) is 5.32 Å². The molecule has 0 aliphatic heterocycles. The summed E-state index contributed by atoms with van der Waals surface area (Å²) in [6.07, 6.45) is 0. The first-order valence-electron chi connectivity index (χ1n) is 5.97. The molecule has 0 saturated heterocycles. The Bertz CT molecular complexity index is 571. The number of hydrogen-bond donors (Lipinski definition) is 3. The highest BCUT2D eigenvalue weighted by Gasteiger charge is 2.32. The summed E-state index contributed by atoms with van der Waals surface area (Å²) < 4.78 is 39.3. The summed E-state index contributed by atoms with van der Waals surface area (Å²) in [6, 6.07) is -1.43. The summed E-state index contributed by atoms with van der Waals surface area (Å²) in [6.45, 7) is 4.73. The number of halogens is 3. The third-order valence-electron chi connectivity index (χ3n) is 2.63. The van der Waals surface area contributed by atoms with Crippen LogP contribution in [0, 0.1) is 22.9 Å². The van der Waals surface area contributed by atoms with Crippen LogP contribution >= 0.6 is 0 Å². The smallest absolute Gasteiger partial charge is 0.326 e. The number of benzene rings is 1. The molecule has 1 rings (SSSR count). The quantitative estimate of drug-likeness (QED) is 0.751. The van der Waals surface area contributed by atoms with Crippen molar-refractivity contribution in [3.63, 3.8) is 0 Å². The fourth-order valence-corrected chi connectivity index (χ4v) is 1.59. The van der Waals surface area contributed by atoms with E-state index in [1.807, 2.05) is 5.32 Å². The van der Waals surface area contributed by atoms with Crippen molar-refractivity contribution in [2.45, 2.75) is 26.8 Å². The molecule has 0 aliphatic carbocycles. The molecule has 1 aromatic rings. The van der Waals surface area contributed by atoms with Gasteiger partial charge in [0.05, 0.1) is 5.69 Å². The number of amides is 2. The SMILES string of the molecule is CC(C)(C)[C@H](NC(=O)Nc1cc(F)cc(F)c1F)C(=O)O. The highest BCUT2D eigenvalue weighted by atomic mass is 19.2. The summed E-state index contributed by atoms with van der Waals surface area (Å²) in [7, 11) is 0. The number of carbonyl (C=O) groups is 2. The Hall–Kier alpha value is -2.25. The van der Waals surface area contributed by atoms with Crippen LogP contribution in [0.25, 0.3) is 0 Å². The van der Waals surface area contributed by atoms with Crippen molar-refractivity contribution in [2.24, 2.45) is 5.41 Å². The lowest BCUT2D eigenvalue weighted by Gasteiger charge is -2.27. The molecule has 1 atom stereocenters. The number of rotatable bonds is 3. The van der Waals surface area contributed by atoms with Gasteiger partial charge in [0.2, 0.25) is 0 Å². The second-order valence-electron chi connectivity index (χ2n) is 5.48. The molecule has 0 heterocycles. The van der Waals surface area contributed by atoms with E-state index >= 15 is 0 Å². The van der Waals surface area contributed by atoms with Gasteiger partial charge in [-0.1, -0.05) is 20.8 Å². The lowest BCUT2D eigenvalue weighted by atomic mass is 9.87. The monoisotopic (exact) mass is 304 g/mol. The maximum absolute atomic E-state index is 13.4. The van der Waals surface area contributed by atoms with Crippen molar-refractivity contribution in [3.05, 3.63) is 29.6 Å². The molecule has 5 nitrogen and oxygen atoms in total. The van der Waals surface area contributed by atoms with Gasteiger partial charge in [0.1, 0.15) is 11.9 Å². The average Bonchev–Trinajstić information content (AvgIpc) is 2.30. The second kappa shape index (κ2) is 6.02. The molecule has 116 valence electrons. The van der Waals surface area contributed by atoms with Crippen LogP contribution in [0.1, 0.15) is 20.8 Å². The first kappa shape index (κ1) is 16.8. The number of carboxylic acids is 1. The van der Waals surface area contributed by atoms with Crippen molar-refractivity contribution < 1.29 is 27.9 Å². The molecule has 8 heteroatoms. The van der Waals surface area contributed by atoms with E-state index in [1.165, 1.54) is 0 Å². The summed E-state index contributed by atoms with van der Waals surface area (Å²) in [5.41, 5.74) is -1.53. The largest absolute Gasteiger partial charge is 0.480 e. The zero-order chi connectivity index (χ0) is 16.4. The molecule has 0 spiro atoms. The fourth-order valence-electron chi connectivity index (χ4n) is 1.59. The molecule has 1 aromatic carbocycles. The number of carbonyl (C=O) groups excluding carboxylic acids is 1. The van der Waals surface area contributed by atoms with E-state index in [0.717, 1.165) is 0 Å². The van der Waals surface area contributed by atoms with Gasteiger partial charge in [-0.3, -0.25) is 0 Å². The van der Waals surface area contributed by atoms with E-state index in [-0.39, 0.29) is 0 Å². The Labute approximate surface area is 119 Å². The van der Waals surface area contributed by atoms with Gasteiger partial charge in [0.25, 0.3) is 0 Å². The van der Waals surface area contributed by atoms with E-state index < -0.39 is 46.6 Å². The van der Waals surface area contributed by atoms with Crippen molar-refractivity contribution in [1.82, 2.24) is 5.32 Å². The summed E-state index contributed by atoms with van der Waals surface area (Å²) >= 11 is 0. The number of anilines is 1. The zero-order valence-corrected chi connectivity index (χ0v) is 11.6. The molecule has 0 radical (unpaired) electrons. The zero-order valence-electron chi connectivity index (χ0n) is 11.6. The number of aliphatic carboxylic acids is 1. The second-order valence-corrected chi connectivity index (χ2v) is 5.48. The predicted molar refractivity (Wildman–Crippen MR) is 69.3 cm³/mol. The van der Waals surface area contributed by atoms with Gasteiger partial charge in [-0.05, 0) is 5.41 Å². The van der Waals surface area contributed by atoms with Gasteiger partial charge < -0.3 is 15.7 Å². The molecule has 0 aliphatic rings. The number of nitrogens with one attached hydrogen (secondary N) is 2. The van der Waals surface area contributed by atoms with Gasteiger partial charge in [0, 0.05) is 12.1 Å². The van der Waals surface area contributed by atoms with Crippen LogP contribution in [0.15, 0.2) is 12.1 Å². The van der Waals surface area contributed by atoms with Crippen molar-refractivity contribution in [3.8, 4) is 0 Å². The van der Waals surface area contributed by atoms with E-state index in [1.54, 1.807) is 20.8 Å². The lowest BCUT2D eigenvalue weighted by Crippen LogP contribution is -2.50. The first-order valence-corrected chi connectivity index (χ1v) is 5.97. The molecule has 0 saturated carbocycles. The minimum absolute atomic E-state index is 0.327. The molecule has 3 N–H and O–H groups in total. The molecular formula is C13H15F3N2O3. The van der Waals surface area contributed by atoms with E-state index in [2.05, 4.69) is 5.32 Å². The Kier molecular flexibility index (Phi) is 4.82. The summed E-state index contributed by atoms with van der Waals surface area (Å²) in [4.78, 5) is 22.7. The predicted octanol–water partition coefficient (Wildman–Crippen LogP) is 2.72. The molecule has 0 fully saturated rings. The van der Waals surface area contributed by atoms with Crippen LogP contribution in [0.5, 0.6) is 0 Å². The molecular weight excluding hydrogens is 289 g/mol. The summed E-state index contributed by atoms with van der Waals surface area (Å²) in [5.74, 6) is -5.26. The maximum atomic E-state index is 13.4.